The van der Waals surface area contributed by atoms with Gasteiger partial charge < -0.3 is 0 Å². The average Bonchev–Trinajstić information content (AvgIpc) is 2.27. The SMILES string of the molecule is C=C(SCCC(C)(C)C)c1ccc(C=O)cc1. The summed E-state index contributed by atoms with van der Waals surface area (Å²) >= 11 is 1.79. The lowest BCUT2D eigenvalue weighted by Crippen LogP contribution is -2.05. The van der Waals surface area contributed by atoms with Gasteiger partial charge in [-0.25, -0.2) is 0 Å². The van der Waals surface area contributed by atoms with E-state index >= 15 is 0 Å². The predicted octanol–water partition coefficient (Wildman–Crippen LogP) is 4.64. The summed E-state index contributed by atoms with van der Waals surface area (Å²) in [7, 11) is 0. The summed E-state index contributed by atoms with van der Waals surface area (Å²) in [4.78, 5) is 11.6. The summed E-state index contributed by atoms with van der Waals surface area (Å²) in [5, 5.41) is 0. The van der Waals surface area contributed by atoms with Crippen LogP contribution in [0.4, 0.5) is 0 Å². The lowest BCUT2D eigenvalue weighted by molar-refractivity contribution is 0.112. The molecule has 0 heterocycles. The zero-order chi connectivity index (χ0) is 12.9. The van der Waals surface area contributed by atoms with E-state index in [9.17, 15) is 4.79 Å². The Hall–Kier alpha value is -1.02. The van der Waals surface area contributed by atoms with Crippen molar-refractivity contribution in [3.05, 3.63) is 42.0 Å². The summed E-state index contributed by atoms with van der Waals surface area (Å²) in [5.41, 5.74) is 2.19. The van der Waals surface area contributed by atoms with Crippen LogP contribution < -0.4 is 0 Å². The highest BCUT2D eigenvalue weighted by Crippen LogP contribution is 2.29. The van der Waals surface area contributed by atoms with Crippen LogP contribution in [-0.4, -0.2) is 12.0 Å². The maximum absolute atomic E-state index is 10.5. The molecule has 0 aliphatic carbocycles. The number of hydrogen-bond donors (Lipinski definition) is 0. The third-order valence-corrected chi connectivity index (χ3v) is 3.49. The number of hydrogen-bond acceptors (Lipinski definition) is 2. The molecule has 0 amide bonds. The Labute approximate surface area is 108 Å². The molecule has 0 aliphatic heterocycles. The van der Waals surface area contributed by atoms with Gasteiger partial charge in [0.2, 0.25) is 0 Å². The van der Waals surface area contributed by atoms with Gasteiger partial charge in [0.25, 0.3) is 0 Å². The second kappa shape index (κ2) is 6.06. The van der Waals surface area contributed by atoms with Gasteiger partial charge in [-0.3, -0.25) is 4.79 Å². The van der Waals surface area contributed by atoms with E-state index in [0.717, 1.165) is 22.5 Å². The zero-order valence-electron chi connectivity index (χ0n) is 10.8. The van der Waals surface area contributed by atoms with Crippen molar-refractivity contribution in [2.45, 2.75) is 27.2 Å². The molecule has 0 spiro atoms. The minimum absolute atomic E-state index is 0.370. The number of benzene rings is 1. The molecule has 1 aromatic rings. The summed E-state index contributed by atoms with van der Waals surface area (Å²) in [6.45, 7) is 10.8. The van der Waals surface area contributed by atoms with Crippen LogP contribution >= 0.6 is 11.8 Å². The van der Waals surface area contributed by atoms with Crippen molar-refractivity contribution in [3.8, 4) is 0 Å². The van der Waals surface area contributed by atoms with Gasteiger partial charge in [0.05, 0.1) is 0 Å². The molecule has 0 radical (unpaired) electrons. The zero-order valence-corrected chi connectivity index (χ0v) is 11.6. The first-order valence-corrected chi connectivity index (χ1v) is 6.78. The van der Waals surface area contributed by atoms with Crippen molar-refractivity contribution in [2.24, 2.45) is 5.41 Å². The van der Waals surface area contributed by atoms with Gasteiger partial charge in [-0.05, 0) is 23.2 Å². The third kappa shape index (κ3) is 5.22. The summed E-state index contributed by atoms with van der Waals surface area (Å²) in [6.07, 6.45) is 2.03. The van der Waals surface area contributed by atoms with E-state index < -0.39 is 0 Å². The fraction of sp³-hybridized carbons (Fsp3) is 0.400. The lowest BCUT2D eigenvalue weighted by Gasteiger charge is -2.17. The first-order valence-electron chi connectivity index (χ1n) is 5.80. The molecule has 1 aromatic carbocycles. The minimum atomic E-state index is 0.370. The monoisotopic (exact) mass is 248 g/mol. The number of rotatable bonds is 5. The number of carbonyl (C=O) groups is 1. The molecular weight excluding hydrogens is 228 g/mol. The van der Waals surface area contributed by atoms with Crippen molar-refractivity contribution < 1.29 is 4.79 Å². The van der Waals surface area contributed by atoms with E-state index in [0.29, 0.717) is 11.0 Å². The summed E-state index contributed by atoms with van der Waals surface area (Å²) in [5.74, 6) is 1.08. The maximum Gasteiger partial charge on any atom is 0.150 e. The largest absolute Gasteiger partial charge is 0.298 e. The van der Waals surface area contributed by atoms with Crippen LogP contribution in [0.2, 0.25) is 0 Å². The van der Waals surface area contributed by atoms with E-state index in [1.165, 1.54) is 6.42 Å². The topological polar surface area (TPSA) is 17.1 Å². The third-order valence-electron chi connectivity index (χ3n) is 2.50. The van der Waals surface area contributed by atoms with Crippen LogP contribution in [0, 0.1) is 5.41 Å². The van der Waals surface area contributed by atoms with Crippen molar-refractivity contribution in [2.75, 3.05) is 5.75 Å². The van der Waals surface area contributed by atoms with Gasteiger partial charge in [-0.1, -0.05) is 51.6 Å². The Morgan fingerprint density at radius 2 is 1.88 bits per heavy atom. The first-order chi connectivity index (χ1) is 7.92. The molecule has 0 bridgehead atoms. The maximum atomic E-state index is 10.5. The van der Waals surface area contributed by atoms with Crippen molar-refractivity contribution in [3.63, 3.8) is 0 Å². The van der Waals surface area contributed by atoms with Gasteiger partial charge in [0.15, 0.2) is 0 Å². The molecule has 92 valence electrons. The Balaban J connectivity index is 2.49. The normalized spacial score (nSPS) is 11.2. The predicted molar refractivity (Wildman–Crippen MR) is 77.4 cm³/mol. The molecule has 0 aliphatic rings. The molecule has 0 saturated heterocycles. The highest BCUT2D eigenvalue weighted by molar-refractivity contribution is 8.08. The van der Waals surface area contributed by atoms with E-state index in [1.54, 1.807) is 11.8 Å². The smallest absolute Gasteiger partial charge is 0.150 e. The highest BCUT2D eigenvalue weighted by Gasteiger charge is 2.10. The van der Waals surface area contributed by atoms with Gasteiger partial charge in [-0.2, -0.15) is 0 Å². The quantitative estimate of drug-likeness (QED) is 0.706. The Morgan fingerprint density at radius 3 is 2.35 bits per heavy atom. The van der Waals surface area contributed by atoms with Crippen molar-refractivity contribution in [1.29, 1.82) is 0 Å². The van der Waals surface area contributed by atoms with Gasteiger partial charge in [-0.15, -0.1) is 11.8 Å². The molecule has 0 saturated carbocycles. The Morgan fingerprint density at radius 1 is 1.29 bits per heavy atom. The highest BCUT2D eigenvalue weighted by atomic mass is 32.2. The van der Waals surface area contributed by atoms with Crippen LogP contribution in [0.3, 0.4) is 0 Å². The van der Waals surface area contributed by atoms with E-state index in [1.807, 2.05) is 24.3 Å². The first kappa shape index (κ1) is 14.0. The van der Waals surface area contributed by atoms with Crippen molar-refractivity contribution in [1.82, 2.24) is 0 Å². The van der Waals surface area contributed by atoms with Crippen LogP contribution in [0.25, 0.3) is 4.91 Å². The fourth-order valence-electron chi connectivity index (χ4n) is 1.31. The summed E-state index contributed by atoms with van der Waals surface area (Å²) < 4.78 is 0. The van der Waals surface area contributed by atoms with Crippen LogP contribution in [0.1, 0.15) is 43.1 Å². The van der Waals surface area contributed by atoms with Gasteiger partial charge in [0.1, 0.15) is 6.29 Å². The Kier molecular flexibility index (Phi) is 5.01. The van der Waals surface area contributed by atoms with Crippen LogP contribution in [0.5, 0.6) is 0 Å². The molecule has 0 N–H and O–H groups in total. The average molecular weight is 248 g/mol. The molecule has 1 nitrogen and oxygen atoms in total. The lowest BCUT2D eigenvalue weighted by atomic mass is 9.94. The van der Waals surface area contributed by atoms with Crippen molar-refractivity contribution >= 4 is 23.0 Å². The Bertz CT molecular complexity index is 384. The molecule has 0 aromatic heterocycles. The standard InChI is InChI=1S/C15H20OS/c1-12(17-10-9-15(2,3)4)14-7-5-13(11-16)6-8-14/h5-8,11H,1,9-10H2,2-4H3. The molecule has 0 fully saturated rings. The second-order valence-electron chi connectivity index (χ2n) is 5.32. The fourth-order valence-corrected chi connectivity index (χ4v) is 2.57. The summed E-state index contributed by atoms with van der Waals surface area (Å²) in [6, 6.07) is 7.57. The minimum Gasteiger partial charge on any atom is -0.298 e. The molecule has 2 heteroatoms. The number of thioether (sulfide) groups is 1. The molecule has 17 heavy (non-hydrogen) atoms. The van der Waals surface area contributed by atoms with Crippen LogP contribution in [0.15, 0.2) is 30.8 Å². The molecular formula is C15H20OS. The molecule has 0 atom stereocenters. The van der Waals surface area contributed by atoms with Crippen LogP contribution in [-0.2, 0) is 0 Å². The van der Waals surface area contributed by atoms with E-state index in [2.05, 4.69) is 27.4 Å². The second-order valence-corrected chi connectivity index (χ2v) is 6.51. The van der Waals surface area contributed by atoms with Gasteiger partial charge in [0, 0.05) is 10.5 Å². The van der Waals surface area contributed by atoms with Gasteiger partial charge >= 0.3 is 0 Å². The molecule has 1 rings (SSSR count). The molecule has 0 unspecified atom stereocenters. The number of carbonyl (C=O) groups excluding carboxylic acids is 1. The number of aldehydes is 1. The van der Waals surface area contributed by atoms with E-state index in [4.69, 9.17) is 0 Å². The van der Waals surface area contributed by atoms with E-state index in [-0.39, 0.29) is 0 Å².